The molecule has 0 fully saturated rings. The van der Waals surface area contributed by atoms with Crippen molar-refractivity contribution in [3.63, 3.8) is 0 Å². The van der Waals surface area contributed by atoms with Gasteiger partial charge >= 0.3 is 0 Å². The molecule has 0 spiro atoms. The van der Waals surface area contributed by atoms with Crippen LogP contribution in [0.4, 0.5) is 0 Å². The molecule has 0 bridgehead atoms. The van der Waals surface area contributed by atoms with E-state index in [0.717, 1.165) is 13.1 Å². The zero-order chi connectivity index (χ0) is 8.97. The zero-order valence-electron chi connectivity index (χ0n) is 8.02. The number of pyridine rings is 1. The molecule has 66 valence electrons. The molecule has 1 heterocycles. The van der Waals surface area contributed by atoms with Crippen LogP contribution in [0.3, 0.4) is 0 Å². The number of hydrogen-bond acceptors (Lipinski definition) is 2. The lowest BCUT2D eigenvalue weighted by Crippen LogP contribution is -2.13. The van der Waals surface area contributed by atoms with Crippen LogP contribution in [0.25, 0.3) is 0 Å². The molecule has 2 nitrogen and oxygen atoms in total. The topological polar surface area (TPSA) is 24.9 Å². The van der Waals surface area contributed by atoms with Crippen molar-refractivity contribution in [3.8, 4) is 0 Å². The first-order chi connectivity index (χ1) is 5.75. The molecular weight excluding hydrogens is 148 g/mol. The van der Waals surface area contributed by atoms with Gasteiger partial charge in [-0.1, -0.05) is 6.92 Å². The quantitative estimate of drug-likeness (QED) is 0.737. The maximum Gasteiger partial charge on any atom is 0.0315 e. The first-order valence-electron chi connectivity index (χ1n) is 4.36. The van der Waals surface area contributed by atoms with Gasteiger partial charge in [-0.15, -0.1) is 0 Å². The van der Waals surface area contributed by atoms with Crippen molar-refractivity contribution in [2.24, 2.45) is 0 Å². The van der Waals surface area contributed by atoms with E-state index in [4.69, 9.17) is 0 Å². The Labute approximate surface area is 74.0 Å². The van der Waals surface area contributed by atoms with Gasteiger partial charge in [0.2, 0.25) is 0 Å². The molecule has 1 aromatic rings. The third-order valence-corrected chi connectivity index (χ3v) is 2.14. The molecule has 2 heteroatoms. The molecule has 0 saturated heterocycles. The smallest absolute Gasteiger partial charge is 0.0315 e. The van der Waals surface area contributed by atoms with Crippen LogP contribution in [-0.2, 0) is 6.54 Å². The molecule has 0 aliphatic rings. The maximum atomic E-state index is 4.16. The van der Waals surface area contributed by atoms with E-state index in [1.165, 1.54) is 16.7 Å². The van der Waals surface area contributed by atoms with Gasteiger partial charge in [-0.3, -0.25) is 4.98 Å². The lowest BCUT2D eigenvalue weighted by molar-refractivity contribution is 0.720. The number of aromatic nitrogens is 1. The van der Waals surface area contributed by atoms with Crippen LogP contribution >= 0.6 is 0 Å². The Kier molecular flexibility index (Phi) is 3.23. The Morgan fingerprint density at radius 1 is 1.33 bits per heavy atom. The van der Waals surface area contributed by atoms with Gasteiger partial charge in [0.05, 0.1) is 0 Å². The van der Waals surface area contributed by atoms with Gasteiger partial charge in [-0.25, -0.2) is 0 Å². The van der Waals surface area contributed by atoms with Crippen molar-refractivity contribution in [1.82, 2.24) is 10.3 Å². The van der Waals surface area contributed by atoms with Crippen LogP contribution in [0.15, 0.2) is 12.4 Å². The predicted octanol–water partition coefficient (Wildman–Crippen LogP) is 1.81. The van der Waals surface area contributed by atoms with E-state index in [1.54, 1.807) is 0 Å². The minimum absolute atomic E-state index is 0.928. The molecule has 0 aliphatic carbocycles. The van der Waals surface area contributed by atoms with E-state index in [1.807, 2.05) is 12.4 Å². The van der Waals surface area contributed by atoms with Crippen LogP contribution in [0.5, 0.6) is 0 Å². The number of nitrogens with one attached hydrogen (secondary N) is 1. The van der Waals surface area contributed by atoms with E-state index in [-0.39, 0.29) is 0 Å². The van der Waals surface area contributed by atoms with Crippen LogP contribution in [0.1, 0.15) is 23.6 Å². The van der Waals surface area contributed by atoms with Gasteiger partial charge in [0.25, 0.3) is 0 Å². The Bertz CT molecular complexity index is 256. The highest BCUT2D eigenvalue weighted by Gasteiger charge is 1.99. The van der Waals surface area contributed by atoms with Crippen molar-refractivity contribution < 1.29 is 0 Å². The molecule has 0 radical (unpaired) electrons. The van der Waals surface area contributed by atoms with Gasteiger partial charge in [0, 0.05) is 18.9 Å². The van der Waals surface area contributed by atoms with Crippen molar-refractivity contribution in [1.29, 1.82) is 0 Å². The van der Waals surface area contributed by atoms with Crippen molar-refractivity contribution >= 4 is 0 Å². The molecule has 0 unspecified atom stereocenters. The summed E-state index contributed by atoms with van der Waals surface area (Å²) in [6.45, 7) is 8.28. The summed E-state index contributed by atoms with van der Waals surface area (Å²) >= 11 is 0. The summed E-state index contributed by atoms with van der Waals surface area (Å²) in [7, 11) is 0. The summed E-state index contributed by atoms with van der Waals surface area (Å²) in [5.41, 5.74) is 3.92. The molecule has 0 atom stereocenters. The molecular formula is C10H16N2. The second-order valence-electron chi connectivity index (χ2n) is 3.02. The number of rotatable bonds is 3. The van der Waals surface area contributed by atoms with Gasteiger partial charge in [0.15, 0.2) is 0 Å². The van der Waals surface area contributed by atoms with Crippen molar-refractivity contribution in [2.45, 2.75) is 27.3 Å². The van der Waals surface area contributed by atoms with Crippen LogP contribution < -0.4 is 5.32 Å². The third kappa shape index (κ3) is 2.05. The number of nitrogens with zero attached hydrogens (tertiary/aromatic N) is 1. The molecule has 0 aromatic carbocycles. The summed E-state index contributed by atoms with van der Waals surface area (Å²) in [5, 5.41) is 3.29. The molecule has 1 aromatic heterocycles. The largest absolute Gasteiger partial charge is 0.313 e. The second kappa shape index (κ2) is 4.21. The highest BCUT2D eigenvalue weighted by Crippen LogP contribution is 2.09. The third-order valence-electron chi connectivity index (χ3n) is 2.14. The summed E-state index contributed by atoms with van der Waals surface area (Å²) in [6, 6.07) is 0. The van der Waals surface area contributed by atoms with Crippen molar-refractivity contribution in [2.75, 3.05) is 6.54 Å². The minimum Gasteiger partial charge on any atom is -0.313 e. The minimum atomic E-state index is 0.928. The normalized spacial score (nSPS) is 10.2. The van der Waals surface area contributed by atoms with Crippen LogP contribution in [0.2, 0.25) is 0 Å². The number of hydrogen-bond donors (Lipinski definition) is 1. The van der Waals surface area contributed by atoms with Crippen LogP contribution in [-0.4, -0.2) is 11.5 Å². The van der Waals surface area contributed by atoms with Gasteiger partial charge < -0.3 is 5.32 Å². The first-order valence-corrected chi connectivity index (χ1v) is 4.36. The summed E-state index contributed by atoms with van der Waals surface area (Å²) in [4.78, 5) is 4.16. The standard InChI is InChI=1S/C10H16N2/c1-4-11-6-10-7-12-5-8(2)9(10)3/h5,7,11H,4,6H2,1-3H3. The van der Waals surface area contributed by atoms with Gasteiger partial charge in [-0.05, 0) is 37.1 Å². The average Bonchev–Trinajstić information content (AvgIpc) is 2.08. The van der Waals surface area contributed by atoms with Gasteiger partial charge in [-0.2, -0.15) is 0 Å². The molecule has 1 rings (SSSR count). The fraction of sp³-hybridized carbons (Fsp3) is 0.500. The van der Waals surface area contributed by atoms with E-state index in [9.17, 15) is 0 Å². The highest BCUT2D eigenvalue weighted by atomic mass is 14.8. The molecule has 12 heavy (non-hydrogen) atoms. The molecule has 0 aliphatic heterocycles. The zero-order valence-corrected chi connectivity index (χ0v) is 8.02. The summed E-state index contributed by atoms with van der Waals surface area (Å²) < 4.78 is 0. The Morgan fingerprint density at radius 2 is 2.08 bits per heavy atom. The van der Waals surface area contributed by atoms with Crippen molar-refractivity contribution in [3.05, 3.63) is 29.1 Å². The number of aryl methyl sites for hydroxylation is 1. The molecule has 0 saturated carbocycles. The predicted molar refractivity (Wildman–Crippen MR) is 51.1 cm³/mol. The van der Waals surface area contributed by atoms with Gasteiger partial charge in [0.1, 0.15) is 0 Å². The summed E-state index contributed by atoms with van der Waals surface area (Å²) in [5.74, 6) is 0. The first kappa shape index (κ1) is 9.20. The van der Waals surface area contributed by atoms with E-state index >= 15 is 0 Å². The Balaban J connectivity index is 2.78. The lowest BCUT2D eigenvalue weighted by Gasteiger charge is -2.07. The van der Waals surface area contributed by atoms with E-state index < -0.39 is 0 Å². The lowest BCUT2D eigenvalue weighted by atomic mass is 10.1. The van der Waals surface area contributed by atoms with Crippen LogP contribution in [0, 0.1) is 13.8 Å². The average molecular weight is 164 g/mol. The SMILES string of the molecule is CCNCc1cncc(C)c1C. The fourth-order valence-electron chi connectivity index (χ4n) is 1.12. The molecule has 0 amide bonds. The monoisotopic (exact) mass is 164 g/mol. The maximum absolute atomic E-state index is 4.16. The Hall–Kier alpha value is -0.890. The fourth-order valence-corrected chi connectivity index (χ4v) is 1.12. The summed E-state index contributed by atoms with van der Waals surface area (Å²) in [6.07, 6.45) is 3.84. The van der Waals surface area contributed by atoms with E-state index in [2.05, 4.69) is 31.1 Å². The highest BCUT2D eigenvalue weighted by molar-refractivity contribution is 5.29. The Morgan fingerprint density at radius 3 is 2.75 bits per heavy atom. The van der Waals surface area contributed by atoms with E-state index in [0.29, 0.717) is 0 Å². The second-order valence-corrected chi connectivity index (χ2v) is 3.02. The molecule has 1 N–H and O–H groups in total.